The smallest absolute Gasteiger partial charge is 0.338 e. The van der Waals surface area contributed by atoms with Crippen LogP contribution in [0.3, 0.4) is 0 Å². The van der Waals surface area contributed by atoms with Crippen LogP contribution in [-0.4, -0.2) is 15.7 Å². The van der Waals surface area contributed by atoms with Crippen molar-refractivity contribution >= 4 is 29.2 Å². The van der Waals surface area contributed by atoms with E-state index in [2.05, 4.69) is 5.10 Å². The Bertz CT molecular complexity index is 1090. The van der Waals surface area contributed by atoms with Crippen molar-refractivity contribution in [3.63, 3.8) is 0 Å². The highest BCUT2D eigenvalue weighted by molar-refractivity contribution is 6.41. The number of rotatable bonds is 4. The zero-order valence-electron chi connectivity index (χ0n) is 13.7. The molecule has 0 atom stereocenters. The van der Waals surface area contributed by atoms with Gasteiger partial charge in [0.1, 0.15) is 11.6 Å². The molecule has 0 spiro atoms. The molecule has 3 rings (SSSR count). The molecule has 27 heavy (non-hydrogen) atoms. The predicted octanol–water partition coefficient (Wildman–Crippen LogP) is 3.77. The van der Waals surface area contributed by atoms with Crippen LogP contribution >= 0.6 is 23.2 Å². The van der Waals surface area contributed by atoms with Crippen molar-refractivity contribution in [1.29, 1.82) is 5.26 Å². The third-order valence-corrected chi connectivity index (χ3v) is 4.43. The minimum atomic E-state index is -0.555. The molecule has 0 N–H and O–H groups in total. The third-order valence-electron chi connectivity index (χ3n) is 3.68. The van der Waals surface area contributed by atoms with Crippen molar-refractivity contribution in [2.75, 3.05) is 0 Å². The lowest BCUT2D eigenvalue weighted by Gasteiger charge is -2.08. The number of nitriles is 1. The standard InChI is InChI=1S/C19H11Cl2N3O3/c20-16-10-23-24(18(25)17(16)21)15-7-5-14(6-8-15)19(26)27-11-13-3-1-12(9-22)2-4-13/h1-8,10H,11H2. The van der Waals surface area contributed by atoms with Crippen molar-refractivity contribution in [3.8, 4) is 11.8 Å². The van der Waals surface area contributed by atoms with E-state index in [0.29, 0.717) is 16.8 Å². The van der Waals surface area contributed by atoms with Crippen molar-refractivity contribution in [3.05, 3.63) is 91.8 Å². The van der Waals surface area contributed by atoms with E-state index < -0.39 is 11.5 Å². The summed E-state index contributed by atoms with van der Waals surface area (Å²) in [6.07, 6.45) is 1.27. The minimum Gasteiger partial charge on any atom is -0.457 e. The Morgan fingerprint density at radius 1 is 1.11 bits per heavy atom. The van der Waals surface area contributed by atoms with Gasteiger partial charge >= 0.3 is 5.97 Å². The van der Waals surface area contributed by atoms with Gasteiger partial charge in [-0.3, -0.25) is 4.79 Å². The number of carbonyl (C=O) groups excluding carboxylic acids is 1. The van der Waals surface area contributed by atoms with Crippen LogP contribution in [0.1, 0.15) is 21.5 Å². The zero-order chi connectivity index (χ0) is 19.4. The molecule has 2 aromatic carbocycles. The van der Waals surface area contributed by atoms with Gasteiger partial charge in [-0.2, -0.15) is 15.0 Å². The normalized spacial score (nSPS) is 10.3. The van der Waals surface area contributed by atoms with E-state index in [1.165, 1.54) is 18.3 Å². The maximum absolute atomic E-state index is 12.2. The highest BCUT2D eigenvalue weighted by atomic mass is 35.5. The van der Waals surface area contributed by atoms with Crippen LogP contribution in [0.25, 0.3) is 5.69 Å². The summed E-state index contributed by atoms with van der Waals surface area (Å²) in [6, 6.07) is 14.9. The number of hydrogen-bond donors (Lipinski definition) is 0. The molecule has 0 bridgehead atoms. The van der Waals surface area contributed by atoms with E-state index in [0.717, 1.165) is 10.2 Å². The molecule has 0 fully saturated rings. The molecule has 0 aliphatic carbocycles. The number of esters is 1. The fourth-order valence-electron chi connectivity index (χ4n) is 2.24. The number of halogens is 2. The lowest BCUT2D eigenvalue weighted by atomic mass is 10.1. The van der Waals surface area contributed by atoms with Crippen LogP contribution in [0.15, 0.2) is 59.5 Å². The van der Waals surface area contributed by atoms with Gasteiger partial charge in [0.25, 0.3) is 5.56 Å². The van der Waals surface area contributed by atoms with Crippen molar-refractivity contribution in [1.82, 2.24) is 9.78 Å². The van der Waals surface area contributed by atoms with Crippen molar-refractivity contribution in [2.24, 2.45) is 0 Å². The van der Waals surface area contributed by atoms with Crippen LogP contribution < -0.4 is 5.56 Å². The van der Waals surface area contributed by atoms with Crippen LogP contribution in [0.5, 0.6) is 0 Å². The summed E-state index contributed by atoms with van der Waals surface area (Å²) in [5.74, 6) is -0.514. The van der Waals surface area contributed by atoms with Crippen LogP contribution in [0, 0.1) is 11.3 Å². The van der Waals surface area contributed by atoms with E-state index in [-0.39, 0.29) is 16.7 Å². The monoisotopic (exact) mass is 399 g/mol. The van der Waals surface area contributed by atoms with E-state index in [4.69, 9.17) is 33.2 Å². The van der Waals surface area contributed by atoms with Crippen LogP contribution in [0.2, 0.25) is 10.0 Å². The quantitative estimate of drug-likeness (QED) is 0.623. The molecular weight excluding hydrogens is 389 g/mol. The lowest BCUT2D eigenvalue weighted by molar-refractivity contribution is 0.0472. The molecule has 0 amide bonds. The summed E-state index contributed by atoms with van der Waals surface area (Å²) < 4.78 is 6.33. The molecule has 0 saturated heterocycles. The molecule has 1 heterocycles. The van der Waals surface area contributed by atoms with Gasteiger partial charge in [-0.05, 0) is 42.0 Å². The first kappa shape index (κ1) is 18.6. The number of benzene rings is 2. The SMILES string of the molecule is N#Cc1ccc(COC(=O)c2ccc(-n3ncc(Cl)c(Cl)c3=O)cc2)cc1. The van der Waals surface area contributed by atoms with E-state index in [1.54, 1.807) is 36.4 Å². The van der Waals surface area contributed by atoms with E-state index in [1.807, 2.05) is 6.07 Å². The van der Waals surface area contributed by atoms with Gasteiger partial charge in [-0.15, -0.1) is 0 Å². The summed E-state index contributed by atoms with van der Waals surface area (Å²) in [6.45, 7) is 0.0834. The Kier molecular flexibility index (Phi) is 5.55. The molecule has 6 nitrogen and oxygen atoms in total. The molecular formula is C19H11Cl2N3O3. The van der Waals surface area contributed by atoms with Crippen molar-refractivity contribution < 1.29 is 9.53 Å². The van der Waals surface area contributed by atoms with Crippen molar-refractivity contribution in [2.45, 2.75) is 6.61 Å². The second-order valence-electron chi connectivity index (χ2n) is 5.46. The number of carbonyl (C=O) groups is 1. The summed E-state index contributed by atoms with van der Waals surface area (Å²) in [5, 5.41) is 12.6. The number of aromatic nitrogens is 2. The molecule has 134 valence electrons. The van der Waals surface area contributed by atoms with E-state index in [9.17, 15) is 9.59 Å². The predicted molar refractivity (Wildman–Crippen MR) is 100 cm³/mol. The summed E-state index contributed by atoms with van der Waals surface area (Å²) >= 11 is 11.6. The lowest BCUT2D eigenvalue weighted by Crippen LogP contribution is -2.21. The Balaban J connectivity index is 1.71. The second-order valence-corrected chi connectivity index (χ2v) is 6.24. The largest absolute Gasteiger partial charge is 0.457 e. The molecule has 8 heteroatoms. The number of hydrogen-bond acceptors (Lipinski definition) is 5. The average Bonchev–Trinajstić information content (AvgIpc) is 2.71. The van der Waals surface area contributed by atoms with Gasteiger partial charge in [0.05, 0.1) is 34.1 Å². The highest BCUT2D eigenvalue weighted by Crippen LogP contribution is 2.17. The molecule has 3 aromatic rings. The van der Waals surface area contributed by atoms with Gasteiger partial charge < -0.3 is 4.74 Å². The van der Waals surface area contributed by atoms with Gasteiger partial charge in [-0.1, -0.05) is 35.3 Å². The Hall–Kier alpha value is -3.14. The summed E-state index contributed by atoms with van der Waals surface area (Å²) in [7, 11) is 0. The maximum atomic E-state index is 12.2. The molecule has 0 unspecified atom stereocenters. The van der Waals surface area contributed by atoms with Gasteiger partial charge in [-0.25, -0.2) is 4.79 Å². The van der Waals surface area contributed by atoms with Gasteiger partial charge in [0.15, 0.2) is 0 Å². The Morgan fingerprint density at radius 3 is 2.41 bits per heavy atom. The Morgan fingerprint density at radius 2 is 1.78 bits per heavy atom. The van der Waals surface area contributed by atoms with Crippen LogP contribution in [-0.2, 0) is 11.3 Å². The fraction of sp³-hybridized carbons (Fsp3) is 0.0526. The first-order valence-electron chi connectivity index (χ1n) is 7.69. The molecule has 1 aromatic heterocycles. The minimum absolute atomic E-state index is 0.0703. The first-order chi connectivity index (χ1) is 13.0. The second kappa shape index (κ2) is 8.04. The highest BCUT2D eigenvalue weighted by Gasteiger charge is 2.11. The first-order valence-corrected chi connectivity index (χ1v) is 8.45. The van der Waals surface area contributed by atoms with E-state index >= 15 is 0 Å². The molecule has 0 radical (unpaired) electrons. The van der Waals surface area contributed by atoms with Gasteiger partial charge in [0.2, 0.25) is 0 Å². The Labute approximate surface area is 164 Å². The zero-order valence-corrected chi connectivity index (χ0v) is 15.2. The molecule has 0 aliphatic heterocycles. The van der Waals surface area contributed by atoms with Gasteiger partial charge in [0, 0.05) is 0 Å². The molecule has 0 saturated carbocycles. The molecule has 0 aliphatic rings. The summed E-state index contributed by atoms with van der Waals surface area (Å²) in [5.41, 5.74) is 1.50. The number of nitrogens with zero attached hydrogens (tertiary/aromatic N) is 3. The topological polar surface area (TPSA) is 85.0 Å². The number of ether oxygens (including phenoxy) is 1. The fourth-order valence-corrected chi connectivity index (χ4v) is 2.50. The summed E-state index contributed by atoms with van der Waals surface area (Å²) in [4.78, 5) is 24.2. The maximum Gasteiger partial charge on any atom is 0.338 e. The average molecular weight is 400 g/mol. The van der Waals surface area contributed by atoms with Crippen LogP contribution in [0.4, 0.5) is 0 Å². The third kappa shape index (κ3) is 4.17.